The van der Waals surface area contributed by atoms with Crippen LogP contribution in [0.3, 0.4) is 0 Å². The number of hydrogen-bond acceptors (Lipinski definition) is 1. The molecule has 2 aliphatic carbocycles. The van der Waals surface area contributed by atoms with Gasteiger partial charge in [-0.3, -0.25) is 0 Å². The van der Waals surface area contributed by atoms with Gasteiger partial charge in [-0.25, -0.2) is 0 Å². The van der Waals surface area contributed by atoms with Crippen molar-refractivity contribution < 1.29 is 50.5 Å². The molecule has 1 aromatic heterocycles. The molecule has 0 amide bonds. The average Bonchev–Trinajstić information content (AvgIpc) is 3.51. The Morgan fingerprint density at radius 1 is 0.868 bits per heavy atom. The first-order chi connectivity index (χ1) is 16.9. The van der Waals surface area contributed by atoms with Crippen molar-refractivity contribution in [3.05, 3.63) is 92.2 Å². The molecule has 0 fully saturated rings. The first-order valence-corrected chi connectivity index (χ1v) is 17.0. The second-order valence-electron chi connectivity index (χ2n) is 13.0. The van der Waals surface area contributed by atoms with Crippen molar-refractivity contribution in [1.82, 2.24) is 0 Å². The SMILES string of the molecule is C[C](C)=[Zr+2]([C]1=C(c2ccoc2)C=CC1C)[c]1cc(C(C)(C)C)cc2c1Cc1ccc(C(C)(C)C)cc1-2.[Cl-].[Cl-]. The first kappa shape index (κ1) is 31.1. The molecule has 0 aliphatic heterocycles. The number of hydrogen-bond donors (Lipinski definition) is 0. The summed E-state index contributed by atoms with van der Waals surface area (Å²) < 4.78 is 10.5. The standard InChI is InChI=1S/C21H25.C10H9O.C3H6.2ClH.Zr/c1-20(2,3)16-9-7-14-11-15-8-10-17(21(4,5)6)13-19(15)18(14)12-16;1-8-2-3-9(6-8)10-4-5-11-7-10;1-3-2;;;/h7,9-10,12-13H,11H2,1-6H3;2-5,7-8H,1H3;1-2H3;2*1H;/q;;;;;+2/p-2. The Labute approximate surface area is 249 Å². The molecule has 4 heteroatoms. The van der Waals surface area contributed by atoms with Crippen LogP contribution < -0.4 is 28.1 Å². The van der Waals surface area contributed by atoms with Crippen LogP contribution in [0.2, 0.25) is 0 Å². The summed E-state index contributed by atoms with van der Waals surface area (Å²) in [5.41, 5.74) is 11.8. The number of furan rings is 1. The minimum absolute atomic E-state index is 0. The van der Waals surface area contributed by atoms with Crippen molar-refractivity contribution in [2.45, 2.75) is 79.6 Å². The third-order valence-corrected chi connectivity index (χ3v) is 15.9. The number of allylic oxidation sites excluding steroid dienone is 4. The predicted octanol–water partition coefficient (Wildman–Crippen LogP) is 2.53. The van der Waals surface area contributed by atoms with Gasteiger partial charge in [-0.2, -0.15) is 0 Å². The van der Waals surface area contributed by atoms with Crippen LogP contribution in [0.15, 0.2) is 68.8 Å². The third-order valence-electron chi connectivity index (χ3n) is 7.92. The van der Waals surface area contributed by atoms with Crippen LogP contribution >= 0.6 is 0 Å². The molecule has 2 aliphatic rings. The summed E-state index contributed by atoms with van der Waals surface area (Å²) in [6.45, 7) is 21.2. The van der Waals surface area contributed by atoms with Crippen LogP contribution in [-0.4, -0.2) is 3.21 Å². The maximum absolute atomic E-state index is 5.52. The molecule has 0 saturated carbocycles. The fourth-order valence-corrected chi connectivity index (χ4v) is 13.8. The Morgan fingerprint density at radius 3 is 2.11 bits per heavy atom. The van der Waals surface area contributed by atoms with Crippen LogP contribution in [-0.2, 0) is 38.5 Å². The minimum atomic E-state index is -2.39. The summed E-state index contributed by atoms with van der Waals surface area (Å²) in [4.78, 5) is 0. The van der Waals surface area contributed by atoms with Gasteiger partial charge in [0.15, 0.2) is 0 Å². The van der Waals surface area contributed by atoms with Gasteiger partial charge in [0.25, 0.3) is 0 Å². The summed E-state index contributed by atoms with van der Waals surface area (Å²) >= 11 is -2.39. The molecule has 0 N–H and O–H groups in total. The van der Waals surface area contributed by atoms with Gasteiger partial charge in [0.1, 0.15) is 0 Å². The van der Waals surface area contributed by atoms with Gasteiger partial charge in [-0.1, -0.05) is 0 Å². The van der Waals surface area contributed by atoms with Crippen LogP contribution in [0.1, 0.15) is 90.1 Å². The molecule has 0 bridgehead atoms. The van der Waals surface area contributed by atoms with E-state index in [-0.39, 0.29) is 35.6 Å². The zero-order chi connectivity index (χ0) is 26.0. The smallest absolute Gasteiger partial charge is 1.00 e. The molecule has 1 unspecified atom stereocenters. The largest absolute Gasteiger partial charge is 1.00 e. The molecule has 200 valence electrons. The van der Waals surface area contributed by atoms with Gasteiger partial charge in [0.05, 0.1) is 0 Å². The van der Waals surface area contributed by atoms with Crippen molar-refractivity contribution in [1.29, 1.82) is 0 Å². The van der Waals surface area contributed by atoms with E-state index >= 15 is 0 Å². The zero-order valence-corrected chi connectivity index (χ0v) is 28.2. The van der Waals surface area contributed by atoms with E-state index in [4.69, 9.17) is 4.42 Å². The van der Waals surface area contributed by atoms with Gasteiger partial charge in [-0.05, 0) is 0 Å². The second kappa shape index (κ2) is 11.2. The fourth-order valence-electron chi connectivity index (χ4n) is 5.78. The average molecular weight is 627 g/mol. The van der Waals surface area contributed by atoms with Crippen LogP contribution in [0.5, 0.6) is 0 Å². The van der Waals surface area contributed by atoms with Crippen LogP contribution in [0.4, 0.5) is 0 Å². The van der Waals surface area contributed by atoms with Gasteiger partial charge in [0.2, 0.25) is 0 Å². The monoisotopic (exact) mass is 624 g/mol. The number of fused-ring (bicyclic) bond motifs is 3. The van der Waals surface area contributed by atoms with Crippen molar-refractivity contribution in [2.75, 3.05) is 0 Å². The number of halogens is 2. The van der Waals surface area contributed by atoms with Gasteiger partial charge in [0, 0.05) is 0 Å². The molecule has 1 nitrogen and oxygen atoms in total. The predicted molar refractivity (Wildman–Crippen MR) is 152 cm³/mol. The molecule has 5 rings (SSSR count). The molecule has 1 atom stereocenters. The molecule has 38 heavy (non-hydrogen) atoms. The fraction of sp³-hybridized carbons (Fsp3) is 0.382. The first-order valence-electron chi connectivity index (χ1n) is 13.3. The Bertz CT molecular complexity index is 1440. The molecule has 1 heterocycles. The van der Waals surface area contributed by atoms with E-state index in [1.54, 1.807) is 15.3 Å². The Kier molecular flexibility index (Phi) is 9.15. The second-order valence-corrected chi connectivity index (χ2v) is 19.9. The van der Waals surface area contributed by atoms with E-state index < -0.39 is 21.3 Å². The van der Waals surface area contributed by atoms with Gasteiger partial charge < -0.3 is 24.8 Å². The summed E-state index contributed by atoms with van der Waals surface area (Å²) in [5, 5.41) is 0. The van der Waals surface area contributed by atoms with Crippen LogP contribution in [0, 0.1) is 5.92 Å². The van der Waals surface area contributed by atoms with E-state index in [1.165, 1.54) is 39.0 Å². The van der Waals surface area contributed by atoms with E-state index in [9.17, 15) is 0 Å². The van der Waals surface area contributed by atoms with Crippen molar-refractivity contribution in [3.63, 3.8) is 0 Å². The topological polar surface area (TPSA) is 13.1 Å². The van der Waals surface area contributed by atoms with Gasteiger partial charge >= 0.3 is 227 Å². The zero-order valence-electron chi connectivity index (χ0n) is 24.2. The van der Waals surface area contributed by atoms with Crippen LogP contribution in [0.25, 0.3) is 16.7 Å². The molecule has 0 saturated heterocycles. The molecule has 2 aromatic carbocycles. The van der Waals surface area contributed by atoms with Crippen molar-refractivity contribution >= 4 is 12.1 Å². The Balaban J connectivity index is 0.00000200. The Morgan fingerprint density at radius 2 is 1.53 bits per heavy atom. The maximum atomic E-state index is 5.52. The van der Waals surface area contributed by atoms with Crippen molar-refractivity contribution in [3.8, 4) is 11.1 Å². The summed E-state index contributed by atoms with van der Waals surface area (Å²) in [7, 11) is 0. The number of benzene rings is 2. The minimum Gasteiger partial charge on any atom is -1.00 e. The molecular weight excluding hydrogens is 587 g/mol. The Hall–Kier alpha value is -1.47. The molecule has 3 aromatic rings. The molecule has 0 spiro atoms. The van der Waals surface area contributed by atoms with E-state index in [1.807, 2.05) is 12.5 Å². The quantitative estimate of drug-likeness (QED) is 0.341. The van der Waals surface area contributed by atoms with E-state index in [0.717, 1.165) is 6.42 Å². The molecule has 0 radical (unpaired) electrons. The molecular formula is C34H40Cl2OZr. The van der Waals surface area contributed by atoms with E-state index in [2.05, 4.69) is 111 Å². The summed E-state index contributed by atoms with van der Waals surface area (Å²) in [5.74, 6) is 0.476. The van der Waals surface area contributed by atoms with Gasteiger partial charge in [-0.15, -0.1) is 0 Å². The third kappa shape index (κ3) is 5.57. The maximum Gasteiger partial charge on any atom is -1.00 e. The number of rotatable bonds is 3. The summed E-state index contributed by atoms with van der Waals surface area (Å²) in [6.07, 6.45) is 9.54. The summed E-state index contributed by atoms with van der Waals surface area (Å²) in [6, 6.07) is 14.5. The van der Waals surface area contributed by atoms with Crippen molar-refractivity contribution in [2.24, 2.45) is 5.92 Å². The normalized spacial score (nSPS) is 15.8. The van der Waals surface area contributed by atoms with E-state index in [0.29, 0.717) is 5.92 Å².